The summed E-state index contributed by atoms with van der Waals surface area (Å²) < 4.78 is 16.1. The molecule has 0 bridgehead atoms. The number of likely N-dealkylation sites (N-methyl/N-ethyl adjacent to an activating group) is 1. The molecule has 2 aromatic carbocycles. The summed E-state index contributed by atoms with van der Waals surface area (Å²) in [7, 11) is 1.58. The third-order valence-corrected chi connectivity index (χ3v) is 5.98. The van der Waals surface area contributed by atoms with Crippen LogP contribution in [0.4, 0.5) is 0 Å². The van der Waals surface area contributed by atoms with Crippen LogP contribution in [0.1, 0.15) is 66.4 Å². The number of amides is 2. The maximum atomic E-state index is 11.8. The van der Waals surface area contributed by atoms with Crippen LogP contribution in [-0.4, -0.2) is 44.1 Å². The molecule has 0 saturated carbocycles. The molecular weight excluding hydrogens is 554 g/mol. The van der Waals surface area contributed by atoms with Crippen molar-refractivity contribution in [2.75, 3.05) is 26.9 Å². The van der Waals surface area contributed by atoms with Crippen molar-refractivity contribution in [1.82, 2.24) is 15.5 Å². The van der Waals surface area contributed by atoms with Gasteiger partial charge in [-0.3, -0.25) is 9.59 Å². The molecule has 44 heavy (non-hydrogen) atoms. The minimum Gasteiger partial charge on any atom is -0.492 e. The number of nitrogens with one attached hydrogen (secondary N) is 2. The number of hydrogen-bond acceptors (Lipinski definition) is 6. The van der Waals surface area contributed by atoms with Crippen LogP contribution in [0.25, 0.3) is 0 Å². The van der Waals surface area contributed by atoms with Crippen molar-refractivity contribution in [1.29, 1.82) is 0 Å². The number of nitrogens with zero attached hydrogens (tertiary/aromatic N) is 1. The number of rotatable bonds is 10. The smallest absolute Gasteiger partial charge is 0.239 e. The lowest BCUT2D eigenvalue weighted by Gasteiger charge is -2.23. The van der Waals surface area contributed by atoms with Gasteiger partial charge in [0.25, 0.3) is 0 Å². The Hall–Kier alpha value is -4.46. The number of carbonyl (C=O) groups excluding carboxylic acids is 2. The maximum absolute atomic E-state index is 11.8. The van der Waals surface area contributed by atoms with E-state index in [4.69, 9.17) is 14.2 Å². The molecule has 0 aliphatic carbocycles. The second-order valence-electron chi connectivity index (χ2n) is 9.70. The van der Waals surface area contributed by atoms with E-state index in [9.17, 15) is 9.59 Å². The van der Waals surface area contributed by atoms with Gasteiger partial charge in [-0.05, 0) is 49.1 Å². The van der Waals surface area contributed by atoms with Crippen molar-refractivity contribution in [3.63, 3.8) is 0 Å². The number of carbonyl (C=O) groups is 2. The molecule has 0 spiro atoms. The SMILES string of the molecule is CC.CC=C/C=C1\C/C(=C(\C)OCc2ccccc2)NC=C1CCNC(=O)CN(C)C=O.CCC.c1ccc2c(c1)OCO2. The van der Waals surface area contributed by atoms with E-state index in [1.165, 1.54) is 16.9 Å². The van der Waals surface area contributed by atoms with Crippen LogP contribution in [-0.2, 0) is 20.9 Å². The molecule has 2 aromatic rings. The van der Waals surface area contributed by atoms with E-state index < -0.39 is 0 Å². The van der Waals surface area contributed by atoms with Crippen LogP contribution in [0, 0.1) is 0 Å². The van der Waals surface area contributed by atoms with Gasteiger partial charge in [-0.2, -0.15) is 0 Å². The second kappa shape index (κ2) is 23.1. The topological polar surface area (TPSA) is 89.1 Å². The highest BCUT2D eigenvalue weighted by molar-refractivity contribution is 5.79. The highest BCUT2D eigenvalue weighted by Crippen LogP contribution is 2.30. The Morgan fingerprint density at radius 2 is 1.66 bits per heavy atom. The summed E-state index contributed by atoms with van der Waals surface area (Å²) in [4.78, 5) is 23.8. The monoisotopic (exact) mass is 605 g/mol. The van der Waals surface area contributed by atoms with Gasteiger partial charge in [-0.1, -0.05) is 94.8 Å². The molecule has 0 unspecified atom stereocenters. The van der Waals surface area contributed by atoms with Crippen molar-refractivity contribution in [2.45, 2.75) is 67.4 Å². The summed E-state index contributed by atoms with van der Waals surface area (Å²) in [5.74, 6) is 2.39. The Bertz CT molecular complexity index is 1210. The molecule has 8 heteroatoms. The van der Waals surface area contributed by atoms with Gasteiger partial charge in [0.2, 0.25) is 19.1 Å². The van der Waals surface area contributed by atoms with Crippen LogP contribution < -0.4 is 20.1 Å². The number of para-hydroxylation sites is 2. The first-order valence-corrected chi connectivity index (χ1v) is 15.3. The van der Waals surface area contributed by atoms with Crippen LogP contribution in [0.3, 0.4) is 0 Å². The van der Waals surface area contributed by atoms with Crippen LogP contribution in [0.2, 0.25) is 0 Å². The zero-order valence-electron chi connectivity index (χ0n) is 27.5. The molecule has 0 fully saturated rings. The first-order chi connectivity index (χ1) is 21.4. The number of benzene rings is 2. The fourth-order valence-electron chi connectivity index (χ4n) is 3.81. The van der Waals surface area contributed by atoms with Crippen LogP contribution >= 0.6 is 0 Å². The Labute approximate surface area is 264 Å². The third-order valence-electron chi connectivity index (χ3n) is 5.98. The quantitative estimate of drug-likeness (QED) is 0.219. The fourth-order valence-corrected chi connectivity index (χ4v) is 3.81. The summed E-state index contributed by atoms with van der Waals surface area (Å²) in [5.41, 5.74) is 4.48. The van der Waals surface area contributed by atoms with Crippen LogP contribution in [0.5, 0.6) is 11.5 Å². The fraction of sp³-hybridized carbons (Fsp3) is 0.389. The van der Waals surface area contributed by atoms with Crippen LogP contribution in [0.15, 0.2) is 102 Å². The summed E-state index contributed by atoms with van der Waals surface area (Å²) in [6.07, 6.45) is 11.4. The van der Waals surface area contributed by atoms with Gasteiger partial charge in [0.15, 0.2) is 11.5 Å². The van der Waals surface area contributed by atoms with Crippen molar-refractivity contribution >= 4 is 12.3 Å². The average molecular weight is 606 g/mol. The third kappa shape index (κ3) is 14.6. The van der Waals surface area contributed by atoms with Gasteiger partial charge in [0, 0.05) is 26.2 Å². The molecule has 8 nitrogen and oxygen atoms in total. The average Bonchev–Trinajstić information content (AvgIpc) is 3.54. The Morgan fingerprint density at radius 1 is 1.05 bits per heavy atom. The molecule has 4 rings (SSSR count). The normalized spacial score (nSPS) is 14.7. The Kier molecular flexibility index (Phi) is 19.7. The van der Waals surface area contributed by atoms with E-state index in [-0.39, 0.29) is 12.5 Å². The molecule has 0 saturated heterocycles. The summed E-state index contributed by atoms with van der Waals surface area (Å²) in [6.45, 7) is 13.7. The van der Waals surface area contributed by atoms with E-state index >= 15 is 0 Å². The highest BCUT2D eigenvalue weighted by atomic mass is 16.7. The van der Waals surface area contributed by atoms with Gasteiger partial charge in [-0.25, -0.2) is 0 Å². The van der Waals surface area contributed by atoms with Gasteiger partial charge >= 0.3 is 0 Å². The zero-order chi connectivity index (χ0) is 32.6. The maximum Gasteiger partial charge on any atom is 0.239 e. The van der Waals surface area contributed by atoms with Crippen molar-refractivity contribution in [2.24, 2.45) is 0 Å². The van der Waals surface area contributed by atoms with Gasteiger partial charge in [-0.15, -0.1) is 0 Å². The predicted molar refractivity (Wildman–Crippen MR) is 179 cm³/mol. The van der Waals surface area contributed by atoms with Gasteiger partial charge in [0.05, 0.1) is 12.2 Å². The first-order valence-electron chi connectivity index (χ1n) is 15.3. The summed E-state index contributed by atoms with van der Waals surface area (Å²) in [5, 5.41) is 6.21. The molecule has 2 aliphatic rings. The van der Waals surface area contributed by atoms with Gasteiger partial charge < -0.3 is 29.7 Å². The Balaban J connectivity index is 0.000000566. The minimum absolute atomic E-state index is 0.0624. The van der Waals surface area contributed by atoms with E-state index in [0.717, 1.165) is 40.5 Å². The Morgan fingerprint density at radius 3 is 2.25 bits per heavy atom. The molecule has 0 atom stereocenters. The molecular formula is C36H51N3O5. The molecule has 2 aliphatic heterocycles. The standard InChI is InChI=1S/C24H31N3O3.C7H6O2.C3H8.C2H6/c1-4-5-11-21-14-23(19(2)30-17-20-9-7-6-8-10-20)26-15-22(21)12-13-25-24(29)16-27(3)18-28;1-2-4-7-6(3-1)8-5-9-7;1-3-2;1-2/h4-11,15,18,26H,12-14,16-17H2,1-3H3,(H,25,29);1-4H,5H2;3H2,1-2H3;1-2H3/b5-4?,21-11+,23-19-;;;. The van der Waals surface area contributed by atoms with Crippen molar-refractivity contribution in [3.8, 4) is 11.5 Å². The number of allylic oxidation sites excluding steroid dienone is 5. The largest absolute Gasteiger partial charge is 0.492 e. The molecule has 240 valence electrons. The lowest BCUT2D eigenvalue weighted by Crippen LogP contribution is -2.35. The zero-order valence-corrected chi connectivity index (χ0v) is 27.5. The molecule has 2 N–H and O–H groups in total. The number of ether oxygens (including phenoxy) is 3. The van der Waals surface area contributed by atoms with Crippen molar-refractivity contribution in [3.05, 3.63) is 107 Å². The molecule has 2 heterocycles. The second-order valence-corrected chi connectivity index (χ2v) is 9.70. The minimum atomic E-state index is -0.168. The number of hydrogen-bond donors (Lipinski definition) is 2. The van der Waals surface area contributed by atoms with E-state index in [1.54, 1.807) is 7.05 Å². The van der Waals surface area contributed by atoms with Gasteiger partial charge in [0.1, 0.15) is 12.4 Å². The molecule has 2 amide bonds. The molecule has 0 radical (unpaired) electrons. The van der Waals surface area contributed by atoms with E-state index in [1.807, 2.05) is 101 Å². The molecule has 0 aromatic heterocycles. The number of fused-ring (bicyclic) bond motifs is 1. The van der Waals surface area contributed by atoms with E-state index in [0.29, 0.717) is 32.8 Å². The summed E-state index contributed by atoms with van der Waals surface area (Å²) in [6, 6.07) is 17.7. The lowest BCUT2D eigenvalue weighted by atomic mass is 9.95. The highest BCUT2D eigenvalue weighted by Gasteiger charge is 2.16. The summed E-state index contributed by atoms with van der Waals surface area (Å²) >= 11 is 0. The lowest BCUT2D eigenvalue weighted by molar-refractivity contribution is -0.127. The van der Waals surface area contributed by atoms with E-state index in [2.05, 4.69) is 30.6 Å². The van der Waals surface area contributed by atoms with Crippen molar-refractivity contribution < 1.29 is 23.8 Å². The first kappa shape index (κ1) is 37.6. The predicted octanol–water partition coefficient (Wildman–Crippen LogP) is 7.27.